The molecule has 3 aromatic carbocycles. The number of hydrogen-bond acceptors (Lipinski definition) is 7. The lowest BCUT2D eigenvalue weighted by Gasteiger charge is -2.24. The monoisotopic (exact) mass is 636 g/mol. The number of carboxylic acids is 1. The number of alkyl halides is 3. The Morgan fingerprint density at radius 1 is 1.00 bits per heavy atom. The molecule has 0 amide bonds. The third-order valence-corrected chi connectivity index (χ3v) is 7.68. The maximum Gasteiger partial charge on any atom is 0.490 e. The summed E-state index contributed by atoms with van der Waals surface area (Å²) in [6.07, 6.45) is -4.45. The van der Waals surface area contributed by atoms with E-state index in [1.54, 1.807) is 36.4 Å². The standard InChI is InChI=1S/C28H34N4O4S.C2HF3O2/c1-28(2,3)31-37(34,35)25-11-6-5-10-24(25)21-14-12-20(13-15-21)16-17-32(19-26(33)36-4)23-9-7-8-22(18-23)27(29)30;3-2(4,5)1(6)7/h5-15,18,31H,16-17,19H2,1-4H3,(H3,29,30);(H,6,7). The van der Waals surface area contributed by atoms with Gasteiger partial charge >= 0.3 is 18.1 Å². The number of carboxylic acid groups (broad SMARTS) is 1. The Balaban J connectivity index is 0.000000860. The van der Waals surface area contributed by atoms with E-state index in [1.165, 1.54) is 7.11 Å². The van der Waals surface area contributed by atoms with Crippen LogP contribution in [0.1, 0.15) is 31.9 Å². The van der Waals surface area contributed by atoms with Gasteiger partial charge in [0.25, 0.3) is 0 Å². The third kappa shape index (κ3) is 11.0. The van der Waals surface area contributed by atoms with Gasteiger partial charge in [-0.25, -0.2) is 17.9 Å². The number of amidine groups is 1. The van der Waals surface area contributed by atoms with Gasteiger partial charge in [-0.1, -0.05) is 54.6 Å². The van der Waals surface area contributed by atoms with E-state index in [1.807, 2.05) is 62.1 Å². The first-order chi connectivity index (χ1) is 20.3. The van der Waals surface area contributed by atoms with Gasteiger partial charge in [0.1, 0.15) is 12.4 Å². The Morgan fingerprint density at radius 3 is 2.11 bits per heavy atom. The maximum absolute atomic E-state index is 13.0. The largest absolute Gasteiger partial charge is 0.490 e. The molecule has 0 atom stereocenters. The van der Waals surface area contributed by atoms with E-state index >= 15 is 0 Å². The van der Waals surface area contributed by atoms with E-state index in [2.05, 4.69) is 4.72 Å². The zero-order chi connectivity index (χ0) is 33.3. The SMILES string of the molecule is COC(=O)CN(CCc1ccc(-c2ccccc2S(=O)(=O)NC(C)(C)C)cc1)c1cccc(C(=N)N)c1.O=C(O)C(F)(F)F. The molecule has 0 aliphatic heterocycles. The second-order valence-corrected chi connectivity index (χ2v) is 12.2. The summed E-state index contributed by atoms with van der Waals surface area (Å²) in [4.78, 5) is 23.0. The van der Waals surface area contributed by atoms with Gasteiger partial charge in [0.05, 0.1) is 12.0 Å². The molecule has 44 heavy (non-hydrogen) atoms. The summed E-state index contributed by atoms with van der Waals surface area (Å²) in [6.45, 7) is 6.00. The number of hydrogen-bond donors (Lipinski definition) is 4. The van der Waals surface area contributed by atoms with Crippen LogP contribution in [0.3, 0.4) is 0 Å². The number of anilines is 1. The number of carbonyl (C=O) groups is 2. The van der Waals surface area contributed by atoms with Crippen molar-refractivity contribution >= 4 is 33.5 Å². The van der Waals surface area contributed by atoms with Gasteiger partial charge in [0, 0.05) is 28.9 Å². The fraction of sp³-hybridized carbons (Fsp3) is 0.300. The molecule has 5 N–H and O–H groups in total. The summed E-state index contributed by atoms with van der Waals surface area (Å²) < 4.78 is 65.4. The number of nitrogens with two attached hydrogens (primary N) is 1. The van der Waals surface area contributed by atoms with Crippen molar-refractivity contribution in [1.29, 1.82) is 5.41 Å². The summed E-state index contributed by atoms with van der Waals surface area (Å²) >= 11 is 0. The average molecular weight is 637 g/mol. The summed E-state index contributed by atoms with van der Waals surface area (Å²) in [6, 6.07) is 21.8. The molecular formula is C30H35F3N4O6S. The third-order valence-electron chi connectivity index (χ3n) is 5.86. The summed E-state index contributed by atoms with van der Waals surface area (Å²) in [5.74, 6) is -3.17. The molecule has 0 aliphatic carbocycles. The predicted molar refractivity (Wildman–Crippen MR) is 161 cm³/mol. The molecular weight excluding hydrogens is 601 g/mol. The average Bonchev–Trinajstić information content (AvgIpc) is 2.94. The molecule has 3 aromatic rings. The molecule has 0 spiro atoms. The van der Waals surface area contributed by atoms with Crippen LogP contribution >= 0.6 is 0 Å². The quantitative estimate of drug-likeness (QED) is 0.143. The summed E-state index contributed by atoms with van der Waals surface area (Å²) in [7, 11) is -2.36. The predicted octanol–water partition coefficient (Wildman–Crippen LogP) is 4.57. The van der Waals surface area contributed by atoms with Crippen molar-refractivity contribution in [2.75, 3.05) is 25.1 Å². The number of ether oxygens (including phenoxy) is 1. The normalized spacial score (nSPS) is 11.6. The second kappa shape index (κ2) is 14.8. The van der Waals surface area contributed by atoms with Crippen molar-refractivity contribution < 1.29 is 41.0 Å². The van der Waals surface area contributed by atoms with Gasteiger partial charge in [-0.15, -0.1) is 0 Å². The van der Waals surface area contributed by atoms with Gasteiger partial charge in [-0.3, -0.25) is 10.2 Å². The molecule has 0 bridgehead atoms. The van der Waals surface area contributed by atoms with Gasteiger partial charge < -0.3 is 20.5 Å². The molecule has 10 nitrogen and oxygen atoms in total. The molecule has 0 radical (unpaired) electrons. The number of nitrogens with zero attached hydrogens (tertiary/aromatic N) is 1. The van der Waals surface area contributed by atoms with Crippen molar-refractivity contribution in [1.82, 2.24) is 4.72 Å². The molecule has 0 saturated carbocycles. The Morgan fingerprint density at radius 2 is 1.59 bits per heavy atom. The minimum Gasteiger partial charge on any atom is -0.475 e. The number of methoxy groups -OCH3 is 1. The van der Waals surface area contributed by atoms with Crippen molar-refractivity contribution in [2.24, 2.45) is 5.73 Å². The highest BCUT2D eigenvalue weighted by molar-refractivity contribution is 7.89. The Hall–Kier alpha value is -4.43. The van der Waals surface area contributed by atoms with E-state index in [0.717, 1.165) is 16.8 Å². The molecule has 0 fully saturated rings. The molecule has 3 rings (SSSR count). The molecule has 238 valence electrons. The summed E-state index contributed by atoms with van der Waals surface area (Å²) in [5.41, 5.74) is 8.81. The Labute approximate surface area is 254 Å². The number of benzene rings is 3. The highest BCUT2D eigenvalue weighted by Crippen LogP contribution is 2.28. The van der Waals surface area contributed by atoms with Crippen LogP contribution in [-0.4, -0.2) is 63.2 Å². The van der Waals surface area contributed by atoms with Gasteiger partial charge in [-0.2, -0.15) is 13.2 Å². The van der Waals surface area contributed by atoms with E-state index in [0.29, 0.717) is 24.1 Å². The maximum atomic E-state index is 13.0. The lowest BCUT2D eigenvalue weighted by molar-refractivity contribution is -0.192. The van der Waals surface area contributed by atoms with E-state index in [4.69, 9.17) is 25.8 Å². The fourth-order valence-corrected chi connectivity index (χ4v) is 5.55. The first-order valence-corrected chi connectivity index (χ1v) is 14.6. The number of nitrogens with one attached hydrogen (secondary N) is 2. The van der Waals surface area contributed by atoms with Crippen LogP contribution in [0.15, 0.2) is 77.7 Å². The van der Waals surface area contributed by atoms with E-state index < -0.39 is 27.7 Å². The number of halogens is 3. The Bertz CT molecular complexity index is 1570. The Kier molecular flexibility index (Phi) is 12.1. The van der Waals surface area contributed by atoms with Crippen LogP contribution in [0, 0.1) is 5.41 Å². The fourth-order valence-electron chi connectivity index (χ4n) is 3.90. The van der Waals surface area contributed by atoms with Crippen LogP contribution in [0.5, 0.6) is 0 Å². The lowest BCUT2D eigenvalue weighted by Crippen LogP contribution is -2.40. The van der Waals surface area contributed by atoms with Crippen molar-refractivity contribution in [3.63, 3.8) is 0 Å². The van der Waals surface area contributed by atoms with E-state index in [-0.39, 0.29) is 23.2 Å². The molecule has 0 heterocycles. The van der Waals surface area contributed by atoms with Crippen molar-refractivity contribution in [3.8, 4) is 11.1 Å². The molecule has 0 aliphatic rings. The highest BCUT2D eigenvalue weighted by atomic mass is 32.2. The van der Waals surface area contributed by atoms with E-state index in [9.17, 15) is 26.4 Å². The highest BCUT2D eigenvalue weighted by Gasteiger charge is 2.38. The molecule has 0 saturated heterocycles. The van der Waals surface area contributed by atoms with Gasteiger partial charge in [-0.05, 0) is 56.5 Å². The zero-order valence-electron chi connectivity index (χ0n) is 24.6. The number of nitrogen functional groups attached to an aromatic ring is 1. The minimum atomic E-state index is -5.08. The minimum absolute atomic E-state index is 0.0459. The smallest absolute Gasteiger partial charge is 0.475 e. The number of sulfonamides is 1. The lowest BCUT2D eigenvalue weighted by atomic mass is 10.0. The number of carbonyl (C=O) groups excluding carboxylic acids is 1. The number of aliphatic carboxylic acids is 1. The molecule has 0 aromatic heterocycles. The van der Waals surface area contributed by atoms with Gasteiger partial charge in [0.2, 0.25) is 10.0 Å². The van der Waals surface area contributed by atoms with Crippen LogP contribution in [-0.2, 0) is 30.8 Å². The zero-order valence-corrected chi connectivity index (χ0v) is 25.4. The van der Waals surface area contributed by atoms with Gasteiger partial charge in [0.15, 0.2) is 0 Å². The molecule has 14 heteroatoms. The summed E-state index contributed by atoms with van der Waals surface area (Å²) in [5, 5.41) is 14.8. The number of esters is 1. The topological polar surface area (TPSA) is 163 Å². The second-order valence-electron chi connectivity index (χ2n) is 10.6. The van der Waals surface area contributed by atoms with Crippen LogP contribution in [0.2, 0.25) is 0 Å². The molecule has 0 unspecified atom stereocenters. The number of rotatable bonds is 10. The van der Waals surface area contributed by atoms with Crippen LogP contribution < -0.4 is 15.4 Å². The van der Waals surface area contributed by atoms with Crippen molar-refractivity contribution in [3.05, 3.63) is 83.9 Å². The first kappa shape index (κ1) is 35.8. The van der Waals surface area contributed by atoms with Crippen LogP contribution in [0.4, 0.5) is 18.9 Å². The van der Waals surface area contributed by atoms with Crippen LogP contribution in [0.25, 0.3) is 11.1 Å². The van der Waals surface area contributed by atoms with Crippen molar-refractivity contribution in [2.45, 2.75) is 43.8 Å². The first-order valence-electron chi connectivity index (χ1n) is 13.1.